The first-order valence-electron chi connectivity index (χ1n) is 6.80. The van der Waals surface area contributed by atoms with Crippen molar-refractivity contribution >= 4 is 18.3 Å². The highest BCUT2D eigenvalue weighted by Crippen LogP contribution is 2.29. The van der Waals surface area contributed by atoms with Crippen molar-refractivity contribution in [3.05, 3.63) is 0 Å². The molecule has 0 aliphatic carbocycles. The standard InChI is InChI=1S/C13H24N2O2.ClH/c1-3-6-17-9-13(16)15(2)12-7-10-4-5-11(8-12)14-10;/h10-12,14H,3-9H2,1-2H3;1H. The van der Waals surface area contributed by atoms with Gasteiger partial charge in [-0.1, -0.05) is 6.92 Å². The number of fused-ring (bicyclic) bond motifs is 2. The number of halogens is 1. The highest BCUT2D eigenvalue weighted by molar-refractivity contribution is 5.85. The van der Waals surface area contributed by atoms with Gasteiger partial charge >= 0.3 is 0 Å². The van der Waals surface area contributed by atoms with E-state index >= 15 is 0 Å². The van der Waals surface area contributed by atoms with Crippen LogP contribution in [0.15, 0.2) is 0 Å². The zero-order valence-electron chi connectivity index (χ0n) is 11.4. The molecule has 5 heteroatoms. The number of carbonyl (C=O) groups excluding carboxylic acids is 1. The van der Waals surface area contributed by atoms with E-state index in [1.54, 1.807) is 0 Å². The van der Waals surface area contributed by atoms with Gasteiger partial charge in [0.15, 0.2) is 0 Å². The molecule has 4 nitrogen and oxygen atoms in total. The fourth-order valence-corrected chi connectivity index (χ4v) is 2.95. The van der Waals surface area contributed by atoms with Crippen molar-refractivity contribution in [2.75, 3.05) is 20.3 Å². The molecule has 0 radical (unpaired) electrons. The summed E-state index contributed by atoms with van der Waals surface area (Å²) < 4.78 is 5.32. The fraction of sp³-hybridized carbons (Fsp3) is 0.923. The second-order valence-corrected chi connectivity index (χ2v) is 5.32. The summed E-state index contributed by atoms with van der Waals surface area (Å²) in [5.41, 5.74) is 0. The smallest absolute Gasteiger partial charge is 0.248 e. The largest absolute Gasteiger partial charge is 0.372 e. The first-order valence-corrected chi connectivity index (χ1v) is 6.80. The summed E-state index contributed by atoms with van der Waals surface area (Å²) >= 11 is 0. The van der Waals surface area contributed by atoms with E-state index in [-0.39, 0.29) is 24.9 Å². The average molecular weight is 277 g/mol. The molecular formula is C13H25ClN2O2. The molecule has 106 valence electrons. The van der Waals surface area contributed by atoms with Crippen molar-refractivity contribution in [3.8, 4) is 0 Å². The van der Waals surface area contributed by atoms with Gasteiger partial charge in [0.05, 0.1) is 0 Å². The molecular weight excluding hydrogens is 252 g/mol. The van der Waals surface area contributed by atoms with Gasteiger partial charge in [0.2, 0.25) is 5.91 Å². The number of nitrogens with one attached hydrogen (secondary N) is 1. The van der Waals surface area contributed by atoms with Crippen LogP contribution in [0.5, 0.6) is 0 Å². The Kier molecular flexibility index (Phi) is 6.39. The molecule has 2 bridgehead atoms. The van der Waals surface area contributed by atoms with E-state index in [1.165, 1.54) is 12.8 Å². The molecule has 2 unspecified atom stereocenters. The molecule has 2 aliphatic heterocycles. The number of nitrogens with zero attached hydrogens (tertiary/aromatic N) is 1. The zero-order chi connectivity index (χ0) is 12.3. The summed E-state index contributed by atoms with van der Waals surface area (Å²) in [6.45, 7) is 2.97. The number of rotatable bonds is 5. The molecule has 0 aromatic rings. The molecule has 2 fully saturated rings. The molecule has 18 heavy (non-hydrogen) atoms. The third kappa shape index (κ3) is 3.84. The van der Waals surface area contributed by atoms with Crippen LogP contribution in [0.3, 0.4) is 0 Å². The predicted molar refractivity (Wildman–Crippen MR) is 74.1 cm³/mol. The van der Waals surface area contributed by atoms with Crippen LogP contribution < -0.4 is 5.32 Å². The van der Waals surface area contributed by atoms with Crippen LogP contribution in [-0.2, 0) is 9.53 Å². The first kappa shape index (κ1) is 15.7. The molecule has 2 atom stereocenters. The lowest BCUT2D eigenvalue weighted by molar-refractivity contribution is -0.137. The Morgan fingerprint density at radius 3 is 2.50 bits per heavy atom. The Morgan fingerprint density at radius 2 is 1.94 bits per heavy atom. The van der Waals surface area contributed by atoms with Crippen LogP contribution in [0.4, 0.5) is 0 Å². The second-order valence-electron chi connectivity index (χ2n) is 5.32. The van der Waals surface area contributed by atoms with Crippen LogP contribution in [0.25, 0.3) is 0 Å². The van der Waals surface area contributed by atoms with E-state index in [2.05, 4.69) is 12.2 Å². The van der Waals surface area contributed by atoms with Crippen molar-refractivity contribution in [3.63, 3.8) is 0 Å². The van der Waals surface area contributed by atoms with E-state index < -0.39 is 0 Å². The van der Waals surface area contributed by atoms with E-state index in [1.807, 2.05) is 11.9 Å². The third-order valence-corrected chi connectivity index (χ3v) is 3.96. The van der Waals surface area contributed by atoms with Gasteiger partial charge < -0.3 is 15.0 Å². The monoisotopic (exact) mass is 276 g/mol. The summed E-state index contributed by atoms with van der Waals surface area (Å²) in [5, 5.41) is 3.60. The summed E-state index contributed by atoms with van der Waals surface area (Å²) in [6.07, 6.45) is 5.72. The van der Waals surface area contributed by atoms with Crippen molar-refractivity contribution in [2.24, 2.45) is 0 Å². The Balaban J connectivity index is 0.00000162. The first-order chi connectivity index (χ1) is 8.20. The topological polar surface area (TPSA) is 41.6 Å². The molecule has 2 heterocycles. The van der Waals surface area contributed by atoms with E-state index in [0.717, 1.165) is 19.3 Å². The number of hydrogen-bond donors (Lipinski definition) is 1. The Morgan fingerprint density at radius 1 is 1.33 bits per heavy atom. The van der Waals surface area contributed by atoms with E-state index in [4.69, 9.17) is 4.74 Å². The van der Waals surface area contributed by atoms with E-state index in [0.29, 0.717) is 24.7 Å². The van der Waals surface area contributed by atoms with Gasteiger partial charge in [-0.05, 0) is 32.1 Å². The quantitative estimate of drug-likeness (QED) is 0.775. The molecule has 0 aromatic carbocycles. The lowest BCUT2D eigenvalue weighted by Crippen LogP contribution is -2.49. The summed E-state index contributed by atoms with van der Waals surface area (Å²) in [6, 6.07) is 1.67. The molecule has 0 spiro atoms. The number of likely N-dealkylation sites (N-methyl/N-ethyl adjacent to an activating group) is 1. The molecule has 0 saturated carbocycles. The van der Waals surface area contributed by atoms with Gasteiger partial charge in [-0.15, -0.1) is 12.4 Å². The van der Waals surface area contributed by atoms with E-state index in [9.17, 15) is 4.79 Å². The van der Waals surface area contributed by atoms with Gasteiger partial charge in [0.25, 0.3) is 0 Å². The van der Waals surface area contributed by atoms with Crippen molar-refractivity contribution in [2.45, 2.75) is 57.2 Å². The zero-order valence-corrected chi connectivity index (χ0v) is 12.2. The molecule has 0 aromatic heterocycles. The molecule has 2 rings (SSSR count). The van der Waals surface area contributed by atoms with Crippen molar-refractivity contribution in [1.29, 1.82) is 0 Å². The van der Waals surface area contributed by atoms with Crippen LogP contribution in [0, 0.1) is 0 Å². The minimum absolute atomic E-state index is 0. The minimum atomic E-state index is 0. The lowest BCUT2D eigenvalue weighted by atomic mass is 9.98. The summed E-state index contributed by atoms with van der Waals surface area (Å²) in [5.74, 6) is 0.129. The third-order valence-electron chi connectivity index (χ3n) is 3.96. The van der Waals surface area contributed by atoms with Crippen LogP contribution >= 0.6 is 12.4 Å². The molecule has 2 saturated heterocycles. The highest BCUT2D eigenvalue weighted by atomic mass is 35.5. The maximum atomic E-state index is 11.9. The Hall–Kier alpha value is -0.320. The molecule has 2 aliphatic rings. The average Bonchev–Trinajstić information content (AvgIpc) is 2.67. The number of ether oxygens (including phenoxy) is 1. The van der Waals surface area contributed by atoms with Gasteiger partial charge in [-0.2, -0.15) is 0 Å². The van der Waals surface area contributed by atoms with Gasteiger partial charge in [-0.25, -0.2) is 0 Å². The maximum Gasteiger partial charge on any atom is 0.248 e. The molecule has 1 N–H and O–H groups in total. The van der Waals surface area contributed by atoms with Crippen LogP contribution in [-0.4, -0.2) is 49.2 Å². The van der Waals surface area contributed by atoms with Crippen molar-refractivity contribution in [1.82, 2.24) is 10.2 Å². The Labute approximate surface area is 116 Å². The maximum absolute atomic E-state index is 11.9. The summed E-state index contributed by atoms with van der Waals surface area (Å²) in [7, 11) is 1.92. The van der Waals surface area contributed by atoms with Gasteiger partial charge in [0.1, 0.15) is 6.61 Å². The number of carbonyl (C=O) groups is 1. The second kappa shape index (κ2) is 7.31. The van der Waals surface area contributed by atoms with Gasteiger partial charge in [-0.3, -0.25) is 4.79 Å². The highest BCUT2D eigenvalue weighted by Gasteiger charge is 2.36. The normalized spacial score (nSPS) is 29.8. The fourth-order valence-electron chi connectivity index (χ4n) is 2.95. The van der Waals surface area contributed by atoms with Crippen LogP contribution in [0.1, 0.15) is 39.0 Å². The Bertz CT molecular complexity index is 264. The number of hydrogen-bond acceptors (Lipinski definition) is 3. The number of amides is 1. The van der Waals surface area contributed by atoms with Crippen molar-refractivity contribution < 1.29 is 9.53 Å². The minimum Gasteiger partial charge on any atom is -0.372 e. The van der Waals surface area contributed by atoms with Gasteiger partial charge in [0, 0.05) is 31.8 Å². The predicted octanol–water partition coefficient (Wildman–Crippen LogP) is 1.58. The lowest BCUT2D eigenvalue weighted by Gasteiger charge is -2.35. The number of piperidine rings is 1. The summed E-state index contributed by atoms with van der Waals surface area (Å²) in [4.78, 5) is 13.8. The van der Waals surface area contributed by atoms with Crippen LogP contribution in [0.2, 0.25) is 0 Å². The SMILES string of the molecule is CCCOCC(=O)N(C)C1CC2CCC(C1)N2.Cl. The molecule has 1 amide bonds.